The minimum atomic E-state index is 0.274. The van der Waals surface area contributed by atoms with Gasteiger partial charge in [-0.25, -0.2) is 0 Å². The van der Waals surface area contributed by atoms with E-state index in [0.717, 1.165) is 19.6 Å². The van der Waals surface area contributed by atoms with Crippen molar-refractivity contribution < 1.29 is 0 Å². The molecule has 0 aromatic carbocycles. The van der Waals surface area contributed by atoms with Crippen LogP contribution < -0.4 is 16.0 Å². The summed E-state index contributed by atoms with van der Waals surface area (Å²) >= 11 is 1.93. The molecule has 0 spiro atoms. The van der Waals surface area contributed by atoms with Crippen LogP contribution in [0.4, 0.5) is 17.8 Å². The van der Waals surface area contributed by atoms with Crippen LogP contribution in [0.5, 0.6) is 0 Å². The van der Waals surface area contributed by atoms with Gasteiger partial charge in [0.2, 0.25) is 17.8 Å². The van der Waals surface area contributed by atoms with Crippen LogP contribution in [-0.4, -0.2) is 45.6 Å². The minimum absolute atomic E-state index is 0.274. The highest BCUT2D eigenvalue weighted by Crippen LogP contribution is 2.42. The van der Waals surface area contributed by atoms with Crippen molar-refractivity contribution in [1.82, 2.24) is 15.0 Å². The number of aromatic nitrogens is 3. The van der Waals surface area contributed by atoms with Crippen molar-refractivity contribution in [2.24, 2.45) is 0 Å². The summed E-state index contributed by atoms with van der Waals surface area (Å²) in [6.45, 7) is 6.75. The first kappa shape index (κ1) is 15.2. The van der Waals surface area contributed by atoms with Crippen molar-refractivity contribution in [1.29, 1.82) is 0 Å². The predicted octanol–water partition coefficient (Wildman–Crippen LogP) is 2.00. The van der Waals surface area contributed by atoms with Crippen molar-refractivity contribution in [3.05, 3.63) is 0 Å². The normalized spacial score (nSPS) is 16.6. The first-order valence-corrected chi connectivity index (χ1v) is 8.40. The van der Waals surface area contributed by atoms with Gasteiger partial charge in [0.15, 0.2) is 0 Å². The minimum Gasteiger partial charge on any atom is -0.368 e. The molecule has 6 nitrogen and oxygen atoms in total. The Morgan fingerprint density at radius 1 is 1.25 bits per heavy atom. The van der Waals surface area contributed by atoms with Gasteiger partial charge < -0.3 is 16.0 Å². The second-order valence-electron chi connectivity index (χ2n) is 5.08. The summed E-state index contributed by atoms with van der Waals surface area (Å²) in [5.74, 6) is 1.51. The summed E-state index contributed by atoms with van der Waals surface area (Å²) in [5.41, 5.74) is 5.79. The molecule has 7 heteroatoms. The summed E-state index contributed by atoms with van der Waals surface area (Å²) in [6, 6.07) is 0. The van der Waals surface area contributed by atoms with Crippen LogP contribution in [0, 0.1) is 0 Å². The van der Waals surface area contributed by atoms with Crippen LogP contribution in [0.25, 0.3) is 0 Å². The Labute approximate surface area is 125 Å². The van der Waals surface area contributed by atoms with Crippen LogP contribution in [-0.2, 0) is 0 Å². The molecule has 0 amide bonds. The van der Waals surface area contributed by atoms with Gasteiger partial charge in [-0.1, -0.05) is 6.42 Å². The Morgan fingerprint density at radius 3 is 2.45 bits per heavy atom. The number of nitrogens with two attached hydrogens (primary N) is 1. The highest BCUT2D eigenvalue weighted by atomic mass is 32.2. The van der Waals surface area contributed by atoms with Crippen LogP contribution >= 0.6 is 11.8 Å². The van der Waals surface area contributed by atoms with E-state index in [4.69, 9.17) is 5.73 Å². The molecule has 3 N–H and O–H groups in total. The van der Waals surface area contributed by atoms with Gasteiger partial charge in [-0.15, -0.1) is 0 Å². The summed E-state index contributed by atoms with van der Waals surface area (Å²) in [6.07, 6.45) is 5.99. The average molecular weight is 296 g/mol. The molecular weight excluding hydrogens is 272 g/mol. The first-order valence-electron chi connectivity index (χ1n) is 7.18. The van der Waals surface area contributed by atoms with Gasteiger partial charge in [0.05, 0.1) is 0 Å². The lowest BCUT2D eigenvalue weighted by atomic mass is 9.84. The zero-order chi connectivity index (χ0) is 14.6. The molecule has 0 aliphatic heterocycles. The quantitative estimate of drug-likeness (QED) is 0.796. The number of nitrogens with zero attached hydrogens (tertiary/aromatic N) is 4. The highest BCUT2D eigenvalue weighted by molar-refractivity contribution is 8.00. The maximum Gasteiger partial charge on any atom is 0.231 e. The highest BCUT2D eigenvalue weighted by Gasteiger charge is 2.36. The molecule has 0 bridgehead atoms. The molecule has 112 valence electrons. The maximum atomic E-state index is 5.79. The second kappa shape index (κ2) is 6.47. The number of thioether (sulfide) groups is 1. The molecule has 1 aliphatic rings. The van der Waals surface area contributed by atoms with Crippen LogP contribution in [0.15, 0.2) is 0 Å². The van der Waals surface area contributed by atoms with E-state index in [2.05, 4.69) is 45.3 Å². The molecule has 1 heterocycles. The van der Waals surface area contributed by atoms with Gasteiger partial charge in [-0.3, -0.25) is 0 Å². The molecule has 1 aliphatic carbocycles. The number of hydrogen-bond donors (Lipinski definition) is 2. The molecule has 2 rings (SSSR count). The van der Waals surface area contributed by atoms with Gasteiger partial charge in [-0.2, -0.15) is 26.7 Å². The first-order chi connectivity index (χ1) is 9.62. The fourth-order valence-electron chi connectivity index (χ4n) is 2.37. The van der Waals surface area contributed by atoms with E-state index in [-0.39, 0.29) is 5.95 Å². The Bertz CT molecular complexity index is 439. The number of nitrogen functional groups attached to an aromatic ring is 1. The van der Waals surface area contributed by atoms with Crippen LogP contribution in [0.3, 0.4) is 0 Å². The largest absolute Gasteiger partial charge is 0.368 e. The fraction of sp³-hybridized carbons (Fsp3) is 0.769. The monoisotopic (exact) mass is 296 g/mol. The van der Waals surface area contributed by atoms with E-state index in [1.807, 2.05) is 11.8 Å². The van der Waals surface area contributed by atoms with E-state index in [9.17, 15) is 0 Å². The van der Waals surface area contributed by atoms with Gasteiger partial charge in [-0.05, 0) is 32.9 Å². The Balaban J connectivity index is 2.07. The van der Waals surface area contributed by atoms with Gasteiger partial charge >= 0.3 is 0 Å². The number of nitrogens with one attached hydrogen (secondary N) is 1. The van der Waals surface area contributed by atoms with Gasteiger partial charge in [0, 0.05) is 24.4 Å². The zero-order valence-electron chi connectivity index (χ0n) is 12.5. The van der Waals surface area contributed by atoms with Crippen LogP contribution in [0.1, 0.15) is 33.1 Å². The molecule has 0 unspecified atom stereocenters. The third-order valence-corrected chi connectivity index (χ3v) is 5.37. The van der Waals surface area contributed by atoms with Crippen molar-refractivity contribution in [2.45, 2.75) is 37.9 Å². The topological polar surface area (TPSA) is 80.0 Å². The Kier molecular flexibility index (Phi) is 4.91. The molecular formula is C13H24N6S. The van der Waals surface area contributed by atoms with Gasteiger partial charge in [0.1, 0.15) is 0 Å². The number of anilines is 3. The van der Waals surface area contributed by atoms with E-state index < -0.39 is 0 Å². The molecule has 0 atom stereocenters. The lowest BCUT2D eigenvalue weighted by Crippen LogP contribution is -2.40. The second-order valence-corrected chi connectivity index (χ2v) is 6.36. The summed E-state index contributed by atoms with van der Waals surface area (Å²) in [4.78, 5) is 14.9. The standard InChI is InChI=1S/C13H24N6S/c1-4-19(5-2)12-17-10(14)16-11(18-12)15-9-13(20-3)7-6-8-13/h4-9H2,1-3H3,(H3,14,15,16,17,18). The van der Waals surface area contributed by atoms with E-state index in [1.165, 1.54) is 19.3 Å². The smallest absolute Gasteiger partial charge is 0.231 e. The SMILES string of the molecule is CCN(CC)c1nc(N)nc(NCC2(SC)CCC2)n1. The lowest BCUT2D eigenvalue weighted by molar-refractivity contribution is 0.379. The predicted molar refractivity (Wildman–Crippen MR) is 86.4 cm³/mol. The van der Waals surface area contributed by atoms with Crippen molar-refractivity contribution in [3.63, 3.8) is 0 Å². The lowest BCUT2D eigenvalue weighted by Gasteiger charge is -2.40. The summed E-state index contributed by atoms with van der Waals surface area (Å²) < 4.78 is 0.344. The Morgan fingerprint density at radius 2 is 1.95 bits per heavy atom. The molecule has 1 aromatic rings. The van der Waals surface area contributed by atoms with Crippen molar-refractivity contribution in [2.75, 3.05) is 41.8 Å². The summed E-state index contributed by atoms with van der Waals surface area (Å²) in [7, 11) is 0. The molecule has 0 radical (unpaired) electrons. The fourth-order valence-corrected chi connectivity index (χ4v) is 3.29. The summed E-state index contributed by atoms with van der Waals surface area (Å²) in [5, 5.41) is 3.33. The molecule has 1 aromatic heterocycles. The van der Waals surface area contributed by atoms with E-state index in [1.54, 1.807) is 0 Å². The van der Waals surface area contributed by atoms with Crippen LogP contribution in [0.2, 0.25) is 0 Å². The average Bonchev–Trinajstić information content (AvgIpc) is 2.39. The van der Waals surface area contributed by atoms with E-state index >= 15 is 0 Å². The zero-order valence-corrected chi connectivity index (χ0v) is 13.3. The number of hydrogen-bond acceptors (Lipinski definition) is 7. The Hall–Kier alpha value is -1.24. The van der Waals surface area contributed by atoms with Crippen molar-refractivity contribution >= 4 is 29.6 Å². The van der Waals surface area contributed by atoms with Gasteiger partial charge in [0.25, 0.3) is 0 Å². The molecule has 20 heavy (non-hydrogen) atoms. The van der Waals surface area contributed by atoms with E-state index in [0.29, 0.717) is 16.6 Å². The molecule has 1 saturated carbocycles. The third kappa shape index (κ3) is 3.26. The third-order valence-electron chi connectivity index (χ3n) is 3.95. The molecule has 1 fully saturated rings. The number of rotatable bonds is 7. The van der Waals surface area contributed by atoms with Crippen molar-refractivity contribution in [3.8, 4) is 0 Å². The maximum absolute atomic E-state index is 5.79. The molecule has 0 saturated heterocycles.